The van der Waals surface area contributed by atoms with E-state index in [9.17, 15) is 4.79 Å². The third-order valence-corrected chi connectivity index (χ3v) is 1.72. The second-order valence-corrected chi connectivity index (χ2v) is 2.24. The Morgan fingerprint density at radius 1 is 1.22 bits per heavy atom. The van der Waals surface area contributed by atoms with Crippen LogP contribution in [0, 0.1) is 0 Å². The van der Waals surface area contributed by atoms with E-state index in [2.05, 4.69) is 0 Å². The molecule has 0 aromatic heterocycles. The van der Waals surface area contributed by atoms with Gasteiger partial charge in [-0.25, -0.2) is 0 Å². The summed E-state index contributed by atoms with van der Waals surface area (Å²) < 4.78 is 0. The molecule has 0 atom stereocenters. The van der Waals surface area contributed by atoms with Crippen molar-refractivity contribution in [3.63, 3.8) is 0 Å². The lowest BCUT2D eigenvalue weighted by Gasteiger charge is -1.68. The second-order valence-electron chi connectivity index (χ2n) is 2.24. The molecule has 1 heteroatoms. The molecule has 0 fully saturated rings. The molecule has 0 saturated carbocycles. The van der Waals surface area contributed by atoms with E-state index in [-0.39, 0.29) is 5.92 Å². The summed E-state index contributed by atoms with van der Waals surface area (Å²) in [5.74, 6) is 0.139. The van der Waals surface area contributed by atoms with Crippen LogP contribution in [0.15, 0.2) is 24.3 Å². The molecule has 2 rings (SSSR count). The lowest BCUT2D eigenvalue weighted by atomic mass is 10.4. The van der Waals surface area contributed by atoms with Crippen LogP contribution in [0.1, 0.15) is 17.0 Å². The van der Waals surface area contributed by atoms with Gasteiger partial charge in [0.1, 0.15) is 6.29 Å². The zero-order valence-corrected chi connectivity index (χ0v) is 4.87. The summed E-state index contributed by atoms with van der Waals surface area (Å²) in [6.07, 6.45) is 0.991. The molecule has 0 saturated heterocycles. The van der Waals surface area contributed by atoms with Gasteiger partial charge in [0.25, 0.3) is 0 Å². The van der Waals surface area contributed by atoms with Gasteiger partial charge in [0.05, 0.1) is 5.92 Å². The summed E-state index contributed by atoms with van der Waals surface area (Å²) in [5, 5.41) is 0. The molecule has 0 bridgehead atoms. The molecule has 1 aliphatic rings. The highest BCUT2D eigenvalue weighted by atomic mass is 16.1. The second kappa shape index (κ2) is 1.44. The van der Waals surface area contributed by atoms with Gasteiger partial charge in [-0.1, -0.05) is 24.3 Å². The van der Waals surface area contributed by atoms with E-state index >= 15 is 0 Å². The number of benzene rings is 1. The Balaban J connectivity index is 2.46. The van der Waals surface area contributed by atoms with Crippen LogP contribution in [0.4, 0.5) is 0 Å². The lowest BCUT2D eigenvalue weighted by molar-refractivity contribution is -0.107. The minimum atomic E-state index is 0.139. The van der Waals surface area contributed by atoms with Crippen molar-refractivity contribution >= 4 is 6.29 Å². The molecule has 1 aromatic rings. The van der Waals surface area contributed by atoms with Crippen LogP contribution in [0.3, 0.4) is 0 Å². The van der Waals surface area contributed by atoms with Crippen LogP contribution >= 0.6 is 0 Å². The van der Waals surface area contributed by atoms with E-state index in [1.165, 1.54) is 11.1 Å². The molecule has 0 unspecified atom stereocenters. The van der Waals surface area contributed by atoms with Crippen molar-refractivity contribution in [1.82, 2.24) is 0 Å². The fourth-order valence-corrected chi connectivity index (χ4v) is 1.14. The summed E-state index contributed by atoms with van der Waals surface area (Å²) in [7, 11) is 0. The maximum absolute atomic E-state index is 10.2. The molecule has 0 N–H and O–H groups in total. The molecule has 0 heterocycles. The van der Waals surface area contributed by atoms with Crippen LogP contribution < -0.4 is 0 Å². The number of hydrogen-bond donors (Lipinski definition) is 0. The van der Waals surface area contributed by atoms with Crippen molar-refractivity contribution in [1.29, 1.82) is 0 Å². The van der Waals surface area contributed by atoms with E-state index in [1.807, 2.05) is 24.3 Å². The van der Waals surface area contributed by atoms with Crippen molar-refractivity contribution in [2.45, 2.75) is 5.92 Å². The normalized spacial score (nSPS) is 14.7. The molecule has 0 aliphatic heterocycles. The van der Waals surface area contributed by atoms with Gasteiger partial charge >= 0.3 is 0 Å². The van der Waals surface area contributed by atoms with E-state index in [0.29, 0.717) is 0 Å². The topological polar surface area (TPSA) is 17.1 Å². The molecule has 1 aromatic carbocycles. The average Bonchev–Trinajstić information content (AvgIpc) is 2.60. The van der Waals surface area contributed by atoms with Gasteiger partial charge in [0, 0.05) is 0 Å². The van der Waals surface area contributed by atoms with Crippen LogP contribution in [0.2, 0.25) is 0 Å². The van der Waals surface area contributed by atoms with Gasteiger partial charge in [0.15, 0.2) is 0 Å². The summed E-state index contributed by atoms with van der Waals surface area (Å²) in [6.45, 7) is 0. The molecular weight excluding hydrogens is 112 g/mol. The molecule has 9 heavy (non-hydrogen) atoms. The first-order chi connectivity index (χ1) is 4.43. The summed E-state index contributed by atoms with van der Waals surface area (Å²) in [5.41, 5.74) is 2.40. The molecule has 1 nitrogen and oxygen atoms in total. The van der Waals surface area contributed by atoms with Crippen molar-refractivity contribution in [3.8, 4) is 0 Å². The van der Waals surface area contributed by atoms with Gasteiger partial charge in [-0.05, 0) is 11.1 Å². The highest BCUT2D eigenvalue weighted by Crippen LogP contribution is 2.40. The van der Waals surface area contributed by atoms with Crippen molar-refractivity contribution in [3.05, 3.63) is 35.4 Å². The number of carbonyl (C=O) groups excluding carboxylic acids is 1. The zero-order chi connectivity index (χ0) is 6.27. The summed E-state index contributed by atoms with van der Waals surface area (Å²) in [4.78, 5) is 10.2. The van der Waals surface area contributed by atoms with E-state index in [1.54, 1.807) is 0 Å². The Hall–Kier alpha value is -1.11. The van der Waals surface area contributed by atoms with Crippen LogP contribution in [-0.4, -0.2) is 6.29 Å². The molecule has 0 spiro atoms. The van der Waals surface area contributed by atoms with E-state index in [4.69, 9.17) is 0 Å². The van der Waals surface area contributed by atoms with Crippen LogP contribution in [-0.2, 0) is 4.79 Å². The van der Waals surface area contributed by atoms with Crippen LogP contribution in [0.25, 0.3) is 0 Å². The fourth-order valence-electron chi connectivity index (χ4n) is 1.14. The van der Waals surface area contributed by atoms with Gasteiger partial charge < -0.3 is 4.79 Å². The lowest BCUT2D eigenvalue weighted by Crippen LogP contribution is -1.69. The summed E-state index contributed by atoms with van der Waals surface area (Å²) in [6, 6.07) is 7.91. The maximum atomic E-state index is 10.2. The Bertz CT molecular complexity index is 229. The Labute approximate surface area is 53.3 Å². The Kier molecular flexibility index (Phi) is 0.758. The first-order valence-electron chi connectivity index (χ1n) is 2.97. The molecule has 0 amide bonds. The van der Waals surface area contributed by atoms with Gasteiger partial charge in [-0.3, -0.25) is 0 Å². The number of fused-ring (bicyclic) bond motifs is 1. The van der Waals surface area contributed by atoms with Crippen molar-refractivity contribution in [2.75, 3.05) is 0 Å². The minimum absolute atomic E-state index is 0.139. The third-order valence-electron chi connectivity index (χ3n) is 1.72. The van der Waals surface area contributed by atoms with Crippen LogP contribution in [0.5, 0.6) is 0 Å². The molecule has 44 valence electrons. The van der Waals surface area contributed by atoms with Gasteiger partial charge in [0.2, 0.25) is 0 Å². The first kappa shape index (κ1) is 4.74. The largest absolute Gasteiger partial charge is 0.302 e. The number of carbonyl (C=O) groups is 1. The van der Waals surface area contributed by atoms with Gasteiger partial charge in [-0.2, -0.15) is 0 Å². The molecule has 0 radical (unpaired) electrons. The average molecular weight is 118 g/mol. The van der Waals surface area contributed by atoms with Crippen molar-refractivity contribution in [2.24, 2.45) is 0 Å². The molecule has 1 aliphatic carbocycles. The number of hydrogen-bond acceptors (Lipinski definition) is 1. The van der Waals surface area contributed by atoms with E-state index < -0.39 is 0 Å². The molecular formula is C8H6O. The monoisotopic (exact) mass is 118 g/mol. The van der Waals surface area contributed by atoms with E-state index in [0.717, 1.165) is 6.29 Å². The fraction of sp³-hybridized carbons (Fsp3) is 0.125. The SMILES string of the molecule is O=CC1c2ccccc21. The third kappa shape index (κ3) is 0.515. The first-order valence-corrected chi connectivity index (χ1v) is 2.97. The Morgan fingerprint density at radius 3 is 2.22 bits per heavy atom. The van der Waals surface area contributed by atoms with Gasteiger partial charge in [-0.15, -0.1) is 0 Å². The Morgan fingerprint density at radius 2 is 1.78 bits per heavy atom. The zero-order valence-electron chi connectivity index (χ0n) is 4.87. The predicted octanol–water partition coefficient (Wildman–Crippen LogP) is 1.33. The highest BCUT2D eigenvalue weighted by molar-refractivity contribution is 5.79. The number of aldehydes is 1. The number of rotatable bonds is 1. The smallest absolute Gasteiger partial charge is 0.131 e. The quantitative estimate of drug-likeness (QED) is 0.508. The minimum Gasteiger partial charge on any atom is -0.302 e. The standard InChI is InChI=1S/C8H6O/c9-5-8-6-3-1-2-4-7(6)8/h1-5,8H. The highest BCUT2D eigenvalue weighted by Gasteiger charge is 2.30. The van der Waals surface area contributed by atoms with Crippen molar-refractivity contribution < 1.29 is 4.79 Å². The maximum Gasteiger partial charge on any atom is 0.131 e. The predicted molar refractivity (Wildman–Crippen MR) is 34.3 cm³/mol. The summed E-state index contributed by atoms with van der Waals surface area (Å²) >= 11 is 0.